The molecule has 0 amide bonds. The molecule has 0 spiro atoms. The van der Waals surface area contributed by atoms with Crippen LogP contribution in [0, 0.1) is 29.0 Å². The van der Waals surface area contributed by atoms with E-state index < -0.39 is 6.10 Å². The maximum Gasteiger partial charge on any atom is 0.184 e. The highest BCUT2D eigenvalue weighted by atomic mass is 32.1. The van der Waals surface area contributed by atoms with E-state index in [1.54, 1.807) is 29.8 Å². The summed E-state index contributed by atoms with van der Waals surface area (Å²) in [6, 6.07) is 13.8. The van der Waals surface area contributed by atoms with Crippen molar-refractivity contribution < 1.29 is 9.50 Å². The van der Waals surface area contributed by atoms with E-state index in [0.29, 0.717) is 35.8 Å². The lowest BCUT2D eigenvalue weighted by atomic mass is 9.46. The molecule has 0 saturated heterocycles. The zero-order valence-corrected chi connectivity index (χ0v) is 20.8. The summed E-state index contributed by atoms with van der Waals surface area (Å²) in [5, 5.41) is 16.7. The minimum Gasteiger partial charge on any atom is -0.392 e. The molecule has 2 unspecified atom stereocenters. The number of aliphatic hydroxyl groups is 1. The van der Waals surface area contributed by atoms with E-state index in [4.69, 9.17) is 4.98 Å². The van der Waals surface area contributed by atoms with Crippen molar-refractivity contribution in [2.75, 3.05) is 5.32 Å². The van der Waals surface area contributed by atoms with Crippen LogP contribution in [0.3, 0.4) is 0 Å². The van der Waals surface area contributed by atoms with Gasteiger partial charge in [0.2, 0.25) is 0 Å². The van der Waals surface area contributed by atoms with Crippen LogP contribution in [-0.4, -0.2) is 31.8 Å². The van der Waals surface area contributed by atoms with Crippen LogP contribution in [-0.2, 0) is 0 Å². The third kappa shape index (κ3) is 3.02. The van der Waals surface area contributed by atoms with E-state index in [2.05, 4.69) is 33.1 Å². The molecule has 2 aromatic carbocycles. The van der Waals surface area contributed by atoms with Crippen LogP contribution in [0.1, 0.15) is 50.1 Å². The van der Waals surface area contributed by atoms with Gasteiger partial charge < -0.3 is 15.0 Å². The predicted molar refractivity (Wildman–Crippen MR) is 139 cm³/mol. The maximum absolute atomic E-state index is 15.0. The van der Waals surface area contributed by atoms with Crippen molar-refractivity contribution in [1.29, 1.82) is 0 Å². The van der Waals surface area contributed by atoms with Gasteiger partial charge in [0, 0.05) is 17.2 Å². The lowest BCUT2D eigenvalue weighted by molar-refractivity contribution is -0.129. The first-order valence-electron chi connectivity index (χ1n) is 13.2. The number of nitrogens with zero attached hydrogens (tertiary/aromatic N) is 3. The number of aromatic nitrogens is 3. The SMILES string of the molecule is O[C@@H](C[C@H]1c2c(F)cccc2-c2cncn21)C12CC3CC(C1)C(Nc1nc4ccccc4s1)C(C3)C2. The smallest absolute Gasteiger partial charge is 0.184 e. The molecule has 4 saturated carbocycles. The second kappa shape index (κ2) is 7.62. The molecule has 5 nitrogen and oxygen atoms in total. The van der Waals surface area contributed by atoms with Gasteiger partial charge in [-0.3, -0.25) is 0 Å². The fourth-order valence-electron chi connectivity index (χ4n) is 8.50. The minimum atomic E-state index is -0.459. The molecule has 4 aromatic rings. The van der Waals surface area contributed by atoms with Crippen LogP contribution in [0.4, 0.5) is 9.52 Å². The number of rotatable bonds is 5. The normalized spacial score (nSPS) is 32.6. The Morgan fingerprint density at radius 2 is 1.94 bits per heavy atom. The summed E-state index contributed by atoms with van der Waals surface area (Å²) in [6.07, 6.45) is 9.34. The summed E-state index contributed by atoms with van der Waals surface area (Å²) >= 11 is 1.74. The molecule has 3 heterocycles. The highest BCUT2D eigenvalue weighted by Gasteiger charge is 2.58. The zero-order chi connectivity index (χ0) is 24.0. The maximum atomic E-state index is 15.0. The summed E-state index contributed by atoms with van der Waals surface area (Å²) < 4.78 is 18.3. The summed E-state index contributed by atoms with van der Waals surface area (Å²) in [5.74, 6) is 1.60. The zero-order valence-electron chi connectivity index (χ0n) is 20.0. The number of hydrogen-bond donors (Lipinski definition) is 2. The second-order valence-corrected chi connectivity index (χ2v) is 12.7. The molecule has 184 valence electrons. The molecule has 1 aliphatic heterocycles. The minimum absolute atomic E-state index is 0.0724. The number of hydrogen-bond acceptors (Lipinski definition) is 5. The summed E-state index contributed by atoms with van der Waals surface area (Å²) in [7, 11) is 0. The first kappa shape index (κ1) is 21.3. The Morgan fingerprint density at radius 1 is 1.11 bits per heavy atom. The van der Waals surface area contributed by atoms with E-state index in [1.165, 1.54) is 17.5 Å². The van der Waals surface area contributed by atoms with Gasteiger partial charge in [0.15, 0.2) is 5.13 Å². The van der Waals surface area contributed by atoms with Gasteiger partial charge in [-0.1, -0.05) is 35.6 Å². The van der Waals surface area contributed by atoms with Crippen LogP contribution in [0.15, 0.2) is 55.0 Å². The Kier molecular flexibility index (Phi) is 4.51. The summed E-state index contributed by atoms with van der Waals surface area (Å²) in [6.45, 7) is 0. The number of fused-ring (bicyclic) bond motifs is 4. The average Bonchev–Trinajstić information content (AvgIpc) is 3.57. The predicted octanol–water partition coefficient (Wildman–Crippen LogP) is 6.26. The molecular weight excluding hydrogens is 471 g/mol. The van der Waals surface area contributed by atoms with Gasteiger partial charge in [-0.15, -0.1) is 0 Å². The van der Waals surface area contributed by atoms with Gasteiger partial charge in [0.25, 0.3) is 0 Å². The topological polar surface area (TPSA) is 63.0 Å². The van der Waals surface area contributed by atoms with Crippen molar-refractivity contribution in [3.8, 4) is 11.3 Å². The molecule has 36 heavy (non-hydrogen) atoms. The van der Waals surface area contributed by atoms with Gasteiger partial charge in [0.1, 0.15) is 5.82 Å². The Morgan fingerprint density at radius 3 is 2.78 bits per heavy atom. The van der Waals surface area contributed by atoms with Gasteiger partial charge in [-0.05, 0) is 79.9 Å². The lowest BCUT2D eigenvalue weighted by Crippen LogP contribution is -2.59. The molecule has 4 bridgehead atoms. The molecular formula is C29H29FN4OS. The number of imidazole rings is 1. The van der Waals surface area contributed by atoms with Crippen LogP contribution >= 0.6 is 11.3 Å². The van der Waals surface area contributed by atoms with E-state index in [0.717, 1.165) is 41.2 Å². The molecule has 5 aliphatic rings. The highest BCUT2D eigenvalue weighted by molar-refractivity contribution is 7.22. The van der Waals surface area contributed by atoms with Crippen molar-refractivity contribution in [3.63, 3.8) is 0 Å². The van der Waals surface area contributed by atoms with Crippen LogP contribution < -0.4 is 5.32 Å². The summed E-state index contributed by atoms with van der Waals surface area (Å²) in [4.78, 5) is 9.18. The highest BCUT2D eigenvalue weighted by Crippen LogP contribution is 2.63. The van der Waals surface area contributed by atoms with Crippen molar-refractivity contribution in [3.05, 3.63) is 66.4 Å². The first-order valence-corrected chi connectivity index (χ1v) is 14.0. The van der Waals surface area contributed by atoms with E-state index in [1.807, 2.05) is 18.3 Å². The number of para-hydroxylation sites is 1. The van der Waals surface area contributed by atoms with Gasteiger partial charge in [0.05, 0.1) is 40.6 Å². The molecule has 4 aliphatic carbocycles. The quantitative estimate of drug-likeness (QED) is 0.340. The van der Waals surface area contributed by atoms with Crippen molar-refractivity contribution in [2.45, 2.75) is 56.7 Å². The number of aliphatic hydroxyl groups excluding tert-OH is 1. The van der Waals surface area contributed by atoms with Crippen LogP contribution in [0.5, 0.6) is 0 Å². The summed E-state index contributed by atoms with van der Waals surface area (Å²) in [5.41, 5.74) is 3.57. The van der Waals surface area contributed by atoms with Crippen molar-refractivity contribution in [1.82, 2.24) is 14.5 Å². The Hall–Kier alpha value is -2.77. The van der Waals surface area contributed by atoms with Gasteiger partial charge in [-0.25, -0.2) is 14.4 Å². The van der Waals surface area contributed by atoms with E-state index in [-0.39, 0.29) is 17.3 Å². The van der Waals surface area contributed by atoms with Crippen LogP contribution in [0.25, 0.3) is 21.5 Å². The molecule has 0 radical (unpaired) electrons. The van der Waals surface area contributed by atoms with Crippen molar-refractivity contribution in [2.24, 2.45) is 23.2 Å². The average molecular weight is 501 g/mol. The number of nitrogens with one attached hydrogen (secondary N) is 1. The Labute approximate surface area is 213 Å². The lowest BCUT2D eigenvalue weighted by Gasteiger charge is -2.61. The second-order valence-electron chi connectivity index (χ2n) is 11.6. The number of thiazole rings is 1. The molecule has 4 atom stereocenters. The molecule has 2 aromatic heterocycles. The fourth-order valence-corrected chi connectivity index (χ4v) is 9.41. The third-order valence-corrected chi connectivity index (χ3v) is 10.7. The molecule has 4 fully saturated rings. The fraction of sp³-hybridized carbons (Fsp3) is 0.448. The van der Waals surface area contributed by atoms with Crippen molar-refractivity contribution >= 4 is 26.7 Å². The number of halogens is 1. The third-order valence-electron chi connectivity index (χ3n) is 9.72. The van der Waals surface area contributed by atoms with E-state index >= 15 is 4.39 Å². The number of anilines is 1. The van der Waals surface area contributed by atoms with Gasteiger partial charge >= 0.3 is 0 Å². The van der Waals surface area contributed by atoms with Crippen LogP contribution in [0.2, 0.25) is 0 Å². The molecule has 2 N–H and O–H groups in total. The number of benzene rings is 2. The molecule has 9 rings (SSSR count). The standard InChI is InChI=1S/C29H29FN4OS/c30-20-5-3-4-19-23-14-31-15-34(23)22(26(19)20)10-25(35)29-11-16-8-17(12-29)27(18(9-16)13-29)33-28-32-21-6-1-2-7-24(21)36-28/h1-7,14-18,22,25,27,35H,8-13H2,(H,32,33)/t16?,17?,18?,22-,25-,27?,29?/m0/s1. The monoisotopic (exact) mass is 500 g/mol. The first-order chi connectivity index (χ1) is 17.6. The molecule has 7 heteroatoms. The Bertz CT molecular complexity index is 1430. The van der Waals surface area contributed by atoms with Gasteiger partial charge in [-0.2, -0.15) is 0 Å². The van der Waals surface area contributed by atoms with E-state index in [9.17, 15) is 5.11 Å². The largest absolute Gasteiger partial charge is 0.392 e. The Balaban J connectivity index is 1.06.